The molecule has 2 saturated heterocycles. The van der Waals surface area contributed by atoms with Crippen LogP contribution < -0.4 is 10.5 Å². The topological polar surface area (TPSA) is 73.3 Å². The summed E-state index contributed by atoms with van der Waals surface area (Å²) in [7, 11) is 1.74. The molecule has 0 aliphatic carbocycles. The van der Waals surface area contributed by atoms with E-state index in [1.807, 2.05) is 0 Å². The van der Waals surface area contributed by atoms with Gasteiger partial charge < -0.3 is 9.47 Å². The van der Waals surface area contributed by atoms with Crippen molar-refractivity contribution in [3.63, 3.8) is 0 Å². The average Bonchev–Trinajstić information content (AvgIpc) is 3.40. The number of hydrogen-bond acceptors (Lipinski definition) is 6. The predicted molar refractivity (Wildman–Crippen MR) is 157 cm³/mol. The fourth-order valence-corrected chi connectivity index (χ4v) is 6.46. The summed E-state index contributed by atoms with van der Waals surface area (Å²) >= 11 is 0. The van der Waals surface area contributed by atoms with Gasteiger partial charge in [0.2, 0.25) is 0 Å². The molecule has 0 spiro atoms. The standard InChI is InChI=1S/C31H41F2N7O/c1-5-25-20-40(27-17-29(41)36(4)28-21-38(16-13-34)35-30(27)28)26(6-2)19-39(25)22(3)24-9-7-23(8-10-24)18-37-14-11-31(32,33)12-15-37/h7-10,17,21-22,25-26H,5-6,11-12,14-16,18-20H2,1-4H3/t22?,25-,26+/m1/s1. The molecule has 10 heteroatoms. The summed E-state index contributed by atoms with van der Waals surface area (Å²) in [5.74, 6) is -2.52. The molecule has 2 aliphatic rings. The highest BCUT2D eigenvalue weighted by Crippen LogP contribution is 2.35. The Labute approximate surface area is 240 Å². The largest absolute Gasteiger partial charge is 0.364 e. The first-order chi connectivity index (χ1) is 19.6. The van der Waals surface area contributed by atoms with E-state index in [4.69, 9.17) is 5.10 Å². The maximum atomic E-state index is 13.5. The maximum Gasteiger partial charge on any atom is 0.252 e. The number of anilines is 1. The van der Waals surface area contributed by atoms with Crippen molar-refractivity contribution in [2.75, 3.05) is 31.1 Å². The minimum Gasteiger partial charge on any atom is -0.364 e. The quantitative estimate of drug-likeness (QED) is 0.386. The zero-order valence-electron chi connectivity index (χ0n) is 24.6. The number of pyridine rings is 1. The Hall–Kier alpha value is -3.29. The molecule has 0 amide bonds. The van der Waals surface area contributed by atoms with Gasteiger partial charge in [-0.1, -0.05) is 38.1 Å². The van der Waals surface area contributed by atoms with Gasteiger partial charge in [0, 0.05) is 76.8 Å². The minimum absolute atomic E-state index is 0.0596. The Bertz CT molecular complexity index is 1450. The Morgan fingerprint density at radius 3 is 2.41 bits per heavy atom. The van der Waals surface area contributed by atoms with Gasteiger partial charge >= 0.3 is 0 Å². The molecular weight excluding hydrogens is 524 g/mol. The second kappa shape index (κ2) is 11.9. The lowest BCUT2D eigenvalue weighted by Gasteiger charge is -2.49. The number of nitriles is 1. The van der Waals surface area contributed by atoms with Gasteiger partial charge in [-0.2, -0.15) is 10.4 Å². The third-order valence-corrected chi connectivity index (χ3v) is 9.11. The molecule has 1 aromatic carbocycles. The number of benzene rings is 1. The van der Waals surface area contributed by atoms with Crippen molar-refractivity contribution in [1.82, 2.24) is 24.1 Å². The van der Waals surface area contributed by atoms with Crippen LogP contribution in [0.5, 0.6) is 0 Å². The number of halogens is 2. The molecule has 0 radical (unpaired) electrons. The molecule has 220 valence electrons. The van der Waals surface area contributed by atoms with Crippen molar-refractivity contribution in [3.8, 4) is 6.07 Å². The minimum atomic E-state index is -2.52. The number of piperidine rings is 1. The molecule has 4 heterocycles. The maximum absolute atomic E-state index is 13.5. The van der Waals surface area contributed by atoms with E-state index in [-0.39, 0.29) is 43.1 Å². The summed E-state index contributed by atoms with van der Waals surface area (Å²) < 4.78 is 30.3. The number of piperazine rings is 1. The third kappa shape index (κ3) is 6.02. The van der Waals surface area contributed by atoms with Crippen molar-refractivity contribution >= 4 is 16.7 Å². The van der Waals surface area contributed by atoms with Gasteiger partial charge in [-0.25, -0.2) is 8.78 Å². The van der Waals surface area contributed by atoms with Gasteiger partial charge in [0.1, 0.15) is 12.1 Å². The zero-order chi connectivity index (χ0) is 29.3. The number of likely N-dealkylation sites (tertiary alicyclic amines) is 1. The van der Waals surface area contributed by atoms with Gasteiger partial charge in [0.15, 0.2) is 0 Å². The van der Waals surface area contributed by atoms with E-state index in [9.17, 15) is 18.8 Å². The van der Waals surface area contributed by atoms with Crippen LogP contribution in [0.3, 0.4) is 0 Å². The molecule has 5 rings (SSSR count). The second-order valence-corrected chi connectivity index (χ2v) is 11.7. The van der Waals surface area contributed by atoms with Gasteiger partial charge in [-0.3, -0.25) is 19.3 Å². The normalized spacial score (nSPS) is 22.6. The lowest BCUT2D eigenvalue weighted by molar-refractivity contribution is -0.0566. The third-order valence-electron chi connectivity index (χ3n) is 9.11. The predicted octanol–water partition coefficient (Wildman–Crippen LogP) is 4.93. The van der Waals surface area contributed by atoms with Crippen LogP contribution in [0, 0.1) is 11.3 Å². The molecule has 3 atom stereocenters. The van der Waals surface area contributed by atoms with E-state index in [1.54, 1.807) is 28.6 Å². The fourth-order valence-electron chi connectivity index (χ4n) is 6.46. The van der Waals surface area contributed by atoms with Crippen molar-refractivity contribution in [1.29, 1.82) is 5.26 Å². The molecule has 8 nitrogen and oxygen atoms in total. The number of aryl methyl sites for hydroxylation is 1. The Morgan fingerprint density at radius 2 is 1.78 bits per heavy atom. The van der Waals surface area contributed by atoms with E-state index in [1.165, 1.54) is 5.56 Å². The van der Waals surface area contributed by atoms with E-state index in [0.29, 0.717) is 19.6 Å². The van der Waals surface area contributed by atoms with Crippen LogP contribution in [0.15, 0.2) is 41.3 Å². The molecule has 41 heavy (non-hydrogen) atoms. The number of nitrogens with zero attached hydrogens (tertiary/aromatic N) is 7. The van der Waals surface area contributed by atoms with Crippen molar-refractivity contribution in [2.45, 2.75) is 83.6 Å². The molecule has 1 unspecified atom stereocenters. The Kier molecular flexibility index (Phi) is 8.48. The second-order valence-electron chi connectivity index (χ2n) is 11.7. The van der Waals surface area contributed by atoms with Crippen molar-refractivity contribution < 1.29 is 8.78 Å². The summed E-state index contributed by atoms with van der Waals surface area (Å²) in [6, 6.07) is 13.2. The molecule has 2 aromatic heterocycles. The molecule has 0 bridgehead atoms. The molecule has 2 aliphatic heterocycles. The van der Waals surface area contributed by atoms with E-state index < -0.39 is 5.92 Å². The zero-order valence-corrected chi connectivity index (χ0v) is 24.6. The first kappa shape index (κ1) is 29.2. The molecular formula is C31H41F2N7O. The first-order valence-corrected chi connectivity index (χ1v) is 14.8. The lowest BCUT2D eigenvalue weighted by Crippen LogP contribution is -2.58. The van der Waals surface area contributed by atoms with Crippen LogP contribution in [0.25, 0.3) is 11.0 Å². The van der Waals surface area contributed by atoms with Gasteiger partial charge in [-0.05, 0) is 30.9 Å². The van der Waals surface area contributed by atoms with Gasteiger partial charge in [0.25, 0.3) is 11.5 Å². The first-order valence-electron chi connectivity index (χ1n) is 14.8. The average molecular weight is 566 g/mol. The molecule has 2 fully saturated rings. The van der Waals surface area contributed by atoms with Gasteiger partial charge in [-0.15, -0.1) is 0 Å². The summed E-state index contributed by atoms with van der Waals surface area (Å²) in [5, 5.41) is 13.9. The number of rotatable bonds is 8. The Balaban J connectivity index is 1.34. The van der Waals surface area contributed by atoms with Crippen LogP contribution >= 0.6 is 0 Å². The monoisotopic (exact) mass is 565 g/mol. The number of alkyl halides is 2. The van der Waals surface area contributed by atoms with E-state index in [2.05, 4.69) is 65.8 Å². The van der Waals surface area contributed by atoms with Crippen LogP contribution in [0.1, 0.15) is 63.6 Å². The van der Waals surface area contributed by atoms with E-state index >= 15 is 0 Å². The highest BCUT2D eigenvalue weighted by molar-refractivity contribution is 5.88. The van der Waals surface area contributed by atoms with Crippen LogP contribution in [-0.2, 0) is 20.1 Å². The number of aromatic nitrogens is 3. The Morgan fingerprint density at radius 1 is 1.10 bits per heavy atom. The molecule has 3 aromatic rings. The highest BCUT2D eigenvalue weighted by Gasteiger charge is 2.37. The van der Waals surface area contributed by atoms with Gasteiger partial charge in [0.05, 0.1) is 23.5 Å². The summed E-state index contributed by atoms with van der Waals surface area (Å²) in [4.78, 5) is 20.0. The van der Waals surface area contributed by atoms with E-state index in [0.717, 1.165) is 48.2 Å². The fraction of sp³-hybridized carbons (Fsp3) is 0.581. The van der Waals surface area contributed by atoms with Crippen LogP contribution in [0.4, 0.5) is 14.5 Å². The summed E-state index contributed by atoms with van der Waals surface area (Å²) in [6.07, 6.45) is 3.55. The summed E-state index contributed by atoms with van der Waals surface area (Å²) in [6.45, 7) is 10.00. The van der Waals surface area contributed by atoms with Crippen LogP contribution in [-0.4, -0.2) is 68.3 Å². The summed E-state index contributed by atoms with van der Waals surface area (Å²) in [5.41, 5.74) is 4.65. The molecule has 0 saturated carbocycles. The highest BCUT2D eigenvalue weighted by atomic mass is 19.3. The lowest BCUT2D eigenvalue weighted by atomic mass is 9.96. The molecule has 0 N–H and O–H groups in total. The number of fused-ring (bicyclic) bond motifs is 1. The smallest absolute Gasteiger partial charge is 0.252 e. The van der Waals surface area contributed by atoms with Crippen LogP contribution in [0.2, 0.25) is 0 Å². The SMILES string of the molecule is CC[C@H]1CN(C(C)c2ccc(CN3CCC(F)(F)CC3)cc2)[C@H](CC)CN1c1cc(=O)n(C)c2cn(CC#N)nc12. The van der Waals surface area contributed by atoms with Crippen molar-refractivity contribution in [2.24, 2.45) is 7.05 Å². The van der Waals surface area contributed by atoms with Crippen molar-refractivity contribution in [3.05, 3.63) is 58.0 Å². The number of hydrogen-bond donors (Lipinski definition) is 0.